The monoisotopic (exact) mass is 261 g/mol. The molecular weight excluding hydrogens is 242 g/mol. The zero-order valence-corrected chi connectivity index (χ0v) is 11.5. The van der Waals surface area contributed by atoms with Crippen molar-refractivity contribution in [2.24, 2.45) is 0 Å². The van der Waals surface area contributed by atoms with Crippen LogP contribution in [-0.2, 0) is 4.79 Å². The van der Waals surface area contributed by atoms with E-state index >= 15 is 0 Å². The number of hydrogen-bond acceptors (Lipinski definition) is 3. The van der Waals surface area contributed by atoms with Crippen LogP contribution < -0.4 is 10.2 Å². The fourth-order valence-electron chi connectivity index (χ4n) is 2.31. The number of rotatable bonds is 3. The van der Waals surface area contributed by atoms with Gasteiger partial charge in [0.15, 0.2) is 0 Å². The van der Waals surface area contributed by atoms with Crippen molar-refractivity contribution in [2.45, 2.75) is 13.0 Å². The highest BCUT2D eigenvalue weighted by Gasteiger charge is 2.30. The predicted octanol–water partition coefficient (Wildman–Crippen LogP) is 1.41. The fraction of sp³-hybridized carbons (Fsp3) is 0.429. The Bertz CT molecular complexity index is 499. The molecule has 0 aromatic heterocycles. The molecule has 19 heavy (non-hydrogen) atoms. The first-order valence-corrected chi connectivity index (χ1v) is 6.30. The first kappa shape index (κ1) is 13.4. The molecule has 0 fully saturated rings. The molecule has 1 aromatic carbocycles. The fourth-order valence-corrected chi connectivity index (χ4v) is 2.31. The Hall–Kier alpha value is -2.04. The van der Waals surface area contributed by atoms with Crippen molar-refractivity contribution in [2.75, 3.05) is 32.1 Å². The van der Waals surface area contributed by atoms with E-state index in [0.717, 1.165) is 11.3 Å². The van der Waals surface area contributed by atoms with Crippen LogP contribution in [0.5, 0.6) is 0 Å². The van der Waals surface area contributed by atoms with Crippen molar-refractivity contribution in [3.63, 3.8) is 0 Å². The second-order valence-electron chi connectivity index (χ2n) is 5.04. The lowest BCUT2D eigenvalue weighted by atomic mass is 10.1. The van der Waals surface area contributed by atoms with Gasteiger partial charge in [-0.15, -0.1) is 0 Å². The number of carbonyl (C=O) groups excluding carboxylic acids is 2. The normalized spacial score (nSPS) is 17.0. The number of anilines is 1. The van der Waals surface area contributed by atoms with Crippen molar-refractivity contribution in [1.29, 1.82) is 0 Å². The number of nitrogens with zero attached hydrogens (tertiary/aromatic N) is 2. The maximum absolute atomic E-state index is 11.8. The second kappa shape index (κ2) is 5.30. The van der Waals surface area contributed by atoms with E-state index in [2.05, 4.69) is 5.32 Å². The van der Waals surface area contributed by atoms with Gasteiger partial charge in [0.25, 0.3) is 0 Å². The van der Waals surface area contributed by atoms with Crippen molar-refractivity contribution in [3.05, 3.63) is 29.8 Å². The van der Waals surface area contributed by atoms with Crippen molar-refractivity contribution in [3.8, 4) is 0 Å². The van der Waals surface area contributed by atoms with Crippen LogP contribution in [0.2, 0.25) is 0 Å². The molecule has 0 bridgehead atoms. The molecule has 0 saturated heterocycles. The third-order valence-electron chi connectivity index (χ3n) is 3.17. The maximum Gasteiger partial charge on any atom is 0.317 e. The summed E-state index contributed by atoms with van der Waals surface area (Å²) in [5.74, 6) is 0.120. The van der Waals surface area contributed by atoms with Gasteiger partial charge in [-0.1, -0.05) is 18.2 Å². The molecule has 1 heterocycles. The minimum Gasteiger partial charge on any atom is -0.362 e. The molecule has 5 nitrogen and oxygen atoms in total. The zero-order valence-electron chi connectivity index (χ0n) is 11.5. The zero-order chi connectivity index (χ0) is 14.0. The van der Waals surface area contributed by atoms with Gasteiger partial charge in [0.2, 0.25) is 0 Å². The number of hydrogen-bond donors (Lipinski definition) is 1. The average Bonchev–Trinajstić information content (AvgIpc) is 2.67. The Balaban J connectivity index is 2.20. The number of benzene rings is 1. The van der Waals surface area contributed by atoms with E-state index in [1.807, 2.05) is 29.2 Å². The Labute approximate surface area is 113 Å². The summed E-state index contributed by atoms with van der Waals surface area (Å²) in [7, 11) is 3.42. The molecule has 0 radical (unpaired) electrons. The molecule has 1 N–H and O–H groups in total. The summed E-state index contributed by atoms with van der Waals surface area (Å²) >= 11 is 0. The Morgan fingerprint density at radius 1 is 1.37 bits per heavy atom. The molecular formula is C14H19N3O2. The summed E-state index contributed by atoms with van der Waals surface area (Å²) in [6.07, 6.45) is 0. The van der Waals surface area contributed by atoms with E-state index in [1.165, 1.54) is 4.90 Å². The van der Waals surface area contributed by atoms with E-state index in [1.54, 1.807) is 21.0 Å². The molecule has 1 aliphatic heterocycles. The van der Waals surface area contributed by atoms with Gasteiger partial charge >= 0.3 is 6.03 Å². The van der Waals surface area contributed by atoms with Gasteiger partial charge in [-0.2, -0.15) is 0 Å². The van der Waals surface area contributed by atoms with E-state index in [9.17, 15) is 9.59 Å². The van der Waals surface area contributed by atoms with Crippen LogP contribution in [-0.4, -0.2) is 43.9 Å². The van der Waals surface area contributed by atoms with Crippen LogP contribution in [0.15, 0.2) is 24.3 Å². The molecule has 1 aromatic rings. The molecule has 5 heteroatoms. The van der Waals surface area contributed by atoms with E-state index in [-0.39, 0.29) is 17.9 Å². The third kappa shape index (κ3) is 2.86. The van der Waals surface area contributed by atoms with Crippen LogP contribution in [0.25, 0.3) is 0 Å². The van der Waals surface area contributed by atoms with Gasteiger partial charge in [-0.25, -0.2) is 4.79 Å². The molecule has 102 valence electrons. The smallest absolute Gasteiger partial charge is 0.317 e. The summed E-state index contributed by atoms with van der Waals surface area (Å²) in [5.41, 5.74) is 2.10. The number of urea groups is 1. The Morgan fingerprint density at radius 3 is 2.68 bits per heavy atom. The molecule has 0 saturated carbocycles. The van der Waals surface area contributed by atoms with Crippen molar-refractivity contribution in [1.82, 2.24) is 10.2 Å². The highest BCUT2D eigenvalue weighted by molar-refractivity contribution is 5.82. The lowest BCUT2D eigenvalue weighted by Crippen LogP contribution is -2.39. The first-order valence-electron chi connectivity index (χ1n) is 6.30. The lowest BCUT2D eigenvalue weighted by Gasteiger charge is -2.19. The topological polar surface area (TPSA) is 52.7 Å². The molecule has 0 aliphatic carbocycles. The van der Waals surface area contributed by atoms with E-state index in [4.69, 9.17) is 0 Å². The SMILES string of the molecule is CC(=O)CN1CC(NC(=O)N(C)C)c2ccccc21. The largest absolute Gasteiger partial charge is 0.362 e. The molecule has 2 amide bonds. The van der Waals surface area contributed by atoms with Gasteiger partial charge in [0.1, 0.15) is 5.78 Å². The van der Waals surface area contributed by atoms with Crippen LogP contribution >= 0.6 is 0 Å². The first-order chi connectivity index (χ1) is 8.99. The van der Waals surface area contributed by atoms with E-state index in [0.29, 0.717) is 13.1 Å². The molecule has 2 rings (SSSR count). The van der Waals surface area contributed by atoms with E-state index < -0.39 is 0 Å². The number of fused-ring (bicyclic) bond motifs is 1. The summed E-state index contributed by atoms with van der Waals surface area (Å²) in [5, 5.41) is 2.97. The predicted molar refractivity (Wildman–Crippen MR) is 74.3 cm³/mol. The van der Waals surface area contributed by atoms with Gasteiger partial charge < -0.3 is 15.1 Å². The number of nitrogens with one attached hydrogen (secondary N) is 1. The standard InChI is InChI=1S/C14H19N3O2/c1-10(18)8-17-9-12(15-14(19)16(2)3)11-6-4-5-7-13(11)17/h4-7,12H,8-9H2,1-3H3,(H,15,19). The Morgan fingerprint density at radius 2 is 2.05 bits per heavy atom. The summed E-state index contributed by atoms with van der Waals surface area (Å²) < 4.78 is 0. The average molecular weight is 261 g/mol. The third-order valence-corrected chi connectivity index (χ3v) is 3.17. The second-order valence-corrected chi connectivity index (χ2v) is 5.04. The minimum atomic E-state index is -0.121. The van der Waals surface area contributed by atoms with Gasteiger partial charge in [0, 0.05) is 26.3 Å². The summed E-state index contributed by atoms with van der Waals surface area (Å²) in [6, 6.07) is 7.69. The lowest BCUT2D eigenvalue weighted by molar-refractivity contribution is -0.115. The van der Waals surface area contributed by atoms with Gasteiger partial charge in [0.05, 0.1) is 12.6 Å². The summed E-state index contributed by atoms with van der Waals surface area (Å²) in [6.45, 7) is 2.60. The number of ketones is 1. The van der Waals surface area contributed by atoms with Crippen LogP contribution in [0.1, 0.15) is 18.5 Å². The highest BCUT2D eigenvalue weighted by atomic mass is 16.2. The number of amides is 2. The maximum atomic E-state index is 11.8. The van der Waals surface area contributed by atoms with Crippen LogP contribution in [0.3, 0.4) is 0 Å². The van der Waals surface area contributed by atoms with Crippen molar-refractivity contribution >= 4 is 17.5 Å². The highest BCUT2D eigenvalue weighted by Crippen LogP contribution is 2.34. The van der Waals surface area contributed by atoms with Crippen molar-refractivity contribution < 1.29 is 9.59 Å². The number of Topliss-reactive ketones (excluding diaryl/α,β-unsaturated/α-hetero) is 1. The minimum absolute atomic E-state index is 0.0644. The molecule has 0 spiro atoms. The molecule has 1 atom stereocenters. The van der Waals surface area contributed by atoms with Gasteiger partial charge in [-0.3, -0.25) is 4.79 Å². The molecule has 1 aliphatic rings. The summed E-state index contributed by atoms with van der Waals surface area (Å²) in [4.78, 5) is 26.6. The van der Waals surface area contributed by atoms with Crippen LogP contribution in [0, 0.1) is 0 Å². The quantitative estimate of drug-likeness (QED) is 0.895. The Kier molecular flexibility index (Phi) is 3.74. The van der Waals surface area contributed by atoms with Crippen LogP contribution in [0.4, 0.5) is 10.5 Å². The molecule has 1 unspecified atom stereocenters. The van der Waals surface area contributed by atoms with Gasteiger partial charge in [-0.05, 0) is 18.6 Å². The number of para-hydroxylation sites is 1. The number of carbonyl (C=O) groups is 2.